The summed E-state index contributed by atoms with van der Waals surface area (Å²) in [5.41, 5.74) is 3.25. The van der Waals surface area contributed by atoms with Crippen molar-refractivity contribution in [3.63, 3.8) is 0 Å². The second-order valence-corrected chi connectivity index (χ2v) is 7.75. The minimum atomic E-state index is -0.209. The molecule has 30 heavy (non-hydrogen) atoms. The van der Waals surface area contributed by atoms with Crippen LogP contribution in [0.5, 0.6) is 11.5 Å². The Morgan fingerprint density at radius 2 is 1.77 bits per heavy atom. The van der Waals surface area contributed by atoms with E-state index in [2.05, 4.69) is 10.3 Å². The number of nitrogens with zero attached hydrogens (tertiary/aromatic N) is 2. The first-order valence-electron chi connectivity index (χ1n) is 9.38. The van der Waals surface area contributed by atoms with E-state index >= 15 is 0 Å². The second kappa shape index (κ2) is 8.12. The van der Waals surface area contributed by atoms with Crippen LogP contribution >= 0.6 is 11.3 Å². The number of amides is 1. The minimum absolute atomic E-state index is 0.209. The van der Waals surface area contributed by atoms with Gasteiger partial charge in [-0.1, -0.05) is 30.3 Å². The van der Waals surface area contributed by atoms with E-state index < -0.39 is 0 Å². The predicted molar refractivity (Wildman–Crippen MR) is 120 cm³/mol. The molecular weight excluding hydrogens is 398 g/mol. The number of rotatable bonds is 5. The molecule has 0 aliphatic rings. The number of aromatic nitrogens is 2. The summed E-state index contributed by atoms with van der Waals surface area (Å²) in [4.78, 5) is 23.8. The number of thiophene rings is 1. The van der Waals surface area contributed by atoms with Crippen molar-refractivity contribution >= 4 is 33.1 Å². The van der Waals surface area contributed by atoms with Crippen LogP contribution < -0.4 is 14.8 Å². The third-order valence-corrected chi connectivity index (χ3v) is 6.05. The maximum Gasteiger partial charge on any atom is 0.266 e. The van der Waals surface area contributed by atoms with Crippen LogP contribution in [0.2, 0.25) is 0 Å². The number of benzene rings is 2. The lowest BCUT2D eigenvalue weighted by Gasteiger charge is -2.11. The van der Waals surface area contributed by atoms with Gasteiger partial charge in [-0.05, 0) is 31.5 Å². The molecule has 0 spiro atoms. The number of anilines is 1. The molecule has 152 valence electrons. The second-order valence-electron chi connectivity index (χ2n) is 6.76. The Labute approximate surface area is 178 Å². The molecule has 1 N–H and O–H groups in total. The summed E-state index contributed by atoms with van der Waals surface area (Å²) in [6.07, 6.45) is 0. The standard InChI is InChI=1S/C23H21N3O3S/c1-13-19-14(2)24-21(15-8-6-5-7-9-15)26-23(19)30-20(13)22(27)25-17-11-10-16(28-3)12-18(17)29-4/h5-12H,1-4H3,(H,25,27). The third kappa shape index (κ3) is 3.59. The molecule has 6 nitrogen and oxygen atoms in total. The van der Waals surface area contributed by atoms with Gasteiger partial charge >= 0.3 is 0 Å². The van der Waals surface area contributed by atoms with Crippen LogP contribution in [0.25, 0.3) is 21.6 Å². The van der Waals surface area contributed by atoms with E-state index in [0.29, 0.717) is 27.9 Å². The van der Waals surface area contributed by atoms with Crippen LogP contribution in [0, 0.1) is 13.8 Å². The fourth-order valence-electron chi connectivity index (χ4n) is 3.35. The number of carbonyl (C=O) groups is 1. The maximum atomic E-state index is 13.1. The van der Waals surface area contributed by atoms with Gasteiger partial charge in [-0.3, -0.25) is 4.79 Å². The number of hydrogen-bond donors (Lipinski definition) is 1. The van der Waals surface area contributed by atoms with Gasteiger partial charge in [0.05, 0.1) is 30.5 Å². The van der Waals surface area contributed by atoms with Crippen molar-refractivity contribution in [2.45, 2.75) is 13.8 Å². The first-order chi connectivity index (χ1) is 14.5. The number of carbonyl (C=O) groups excluding carboxylic acids is 1. The Kier molecular flexibility index (Phi) is 5.37. The molecule has 2 aromatic carbocycles. The minimum Gasteiger partial charge on any atom is -0.497 e. The van der Waals surface area contributed by atoms with E-state index in [4.69, 9.17) is 14.5 Å². The molecule has 2 heterocycles. The highest BCUT2D eigenvalue weighted by molar-refractivity contribution is 7.20. The van der Waals surface area contributed by atoms with Crippen LogP contribution in [-0.4, -0.2) is 30.1 Å². The lowest BCUT2D eigenvalue weighted by molar-refractivity contribution is 0.102. The molecule has 2 aromatic heterocycles. The molecular formula is C23H21N3O3S. The molecule has 0 aliphatic carbocycles. The van der Waals surface area contributed by atoms with Crippen molar-refractivity contribution in [3.05, 3.63) is 64.7 Å². The zero-order valence-electron chi connectivity index (χ0n) is 17.1. The summed E-state index contributed by atoms with van der Waals surface area (Å²) in [5.74, 6) is 1.64. The summed E-state index contributed by atoms with van der Waals surface area (Å²) in [7, 11) is 3.14. The number of methoxy groups -OCH3 is 2. The molecule has 4 rings (SSSR count). The number of nitrogens with one attached hydrogen (secondary N) is 1. The van der Waals surface area contributed by atoms with Crippen LogP contribution in [0.1, 0.15) is 20.9 Å². The molecule has 4 aromatic rings. The molecule has 0 aliphatic heterocycles. The van der Waals surface area contributed by atoms with Gasteiger partial charge < -0.3 is 14.8 Å². The van der Waals surface area contributed by atoms with Crippen LogP contribution in [0.15, 0.2) is 48.5 Å². The first kappa shape index (κ1) is 19.8. The number of fused-ring (bicyclic) bond motifs is 1. The molecule has 0 unspecified atom stereocenters. The van der Waals surface area contributed by atoms with Crippen LogP contribution in [0.3, 0.4) is 0 Å². The van der Waals surface area contributed by atoms with Crippen LogP contribution in [0.4, 0.5) is 5.69 Å². The Morgan fingerprint density at radius 3 is 2.47 bits per heavy atom. The lowest BCUT2D eigenvalue weighted by atomic mass is 10.1. The Hall–Kier alpha value is -3.45. The van der Waals surface area contributed by atoms with Gasteiger partial charge in [-0.2, -0.15) is 0 Å². The van der Waals surface area contributed by atoms with E-state index in [0.717, 1.165) is 27.0 Å². The van der Waals surface area contributed by atoms with E-state index in [1.165, 1.54) is 11.3 Å². The van der Waals surface area contributed by atoms with Crippen LogP contribution in [-0.2, 0) is 0 Å². The maximum absolute atomic E-state index is 13.1. The zero-order valence-corrected chi connectivity index (χ0v) is 18.0. The number of ether oxygens (including phenoxy) is 2. The summed E-state index contributed by atoms with van der Waals surface area (Å²) in [5, 5.41) is 3.86. The van der Waals surface area contributed by atoms with E-state index in [9.17, 15) is 4.79 Å². The molecule has 0 bridgehead atoms. The Bertz CT molecular complexity index is 1240. The predicted octanol–water partition coefficient (Wildman–Crippen LogP) is 5.24. The highest BCUT2D eigenvalue weighted by Crippen LogP contribution is 2.35. The third-order valence-electron chi connectivity index (χ3n) is 4.87. The molecule has 7 heteroatoms. The molecule has 0 atom stereocenters. The summed E-state index contributed by atoms with van der Waals surface area (Å²) in [6.45, 7) is 3.88. The monoisotopic (exact) mass is 419 g/mol. The topological polar surface area (TPSA) is 73.3 Å². The normalized spacial score (nSPS) is 10.8. The van der Waals surface area contributed by atoms with Crippen molar-refractivity contribution < 1.29 is 14.3 Å². The average molecular weight is 420 g/mol. The number of hydrogen-bond acceptors (Lipinski definition) is 6. The molecule has 0 saturated heterocycles. The van der Waals surface area contributed by atoms with Gasteiger partial charge in [-0.15, -0.1) is 11.3 Å². The molecule has 0 fully saturated rings. The first-order valence-corrected chi connectivity index (χ1v) is 10.2. The molecule has 0 saturated carbocycles. The zero-order chi connectivity index (χ0) is 21.3. The van der Waals surface area contributed by atoms with Gasteiger partial charge in [0.15, 0.2) is 5.82 Å². The molecule has 0 radical (unpaired) electrons. The van der Waals surface area contributed by atoms with E-state index in [1.54, 1.807) is 32.4 Å². The van der Waals surface area contributed by atoms with Crippen molar-refractivity contribution in [1.29, 1.82) is 0 Å². The Balaban J connectivity index is 1.72. The summed E-state index contributed by atoms with van der Waals surface area (Å²) in [6, 6.07) is 15.1. The van der Waals surface area contributed by atoms with Crippen molar-refractivity contribution in [2.75, 3.05) is 19.5 Å². The van der Waals surface area contributed by atoms with E-state index in [1.807, 2.05) is 44.2 Å². The van der Waals surface area contributed by atoms with Gasteiger partial charge in [0.1, 0.15) is 16.3 Å². The highest BCUT2D eigenvalue weighted by Gasteiger charge is 2.20. The fourth-order valence-corrected chi connectivity index (χ4v) is 4.48. The van der Waals surface area contributed by atoms with E-state index in [-0.39, 0.29) is 5.91 Å². The van der Waals surface area contributed by atoms with Crippen molar-refractivity contribution in [3.8, 4) is 22.9 Å². The summed E-state index contributed by atoms with van der Waals surface area (Å²) < 4.78 is 10.6. The largest absolute Gasteiger partial charge is 0.497 e. The van der Waals surface area contributed by atoms with Gasteiger partial charge in [0.2, 0.25) is 0 Å². The average Bonchev–Trinajstić information content (AvgIpc) is 3.11. The van der Waals surface area contributed by atoms with Crippen molar-refractivity contribution in [2.24, 2.45) is 0 Å². The van der Waals surface area contributed by atoms with Gasteiger partial charge in [0, 0.05) is 17.0 Å². The number of aryl methyl sites for hydroxylation is 2. The fraction of sp³-hybridized carbons (Fsp3) is 0.174. The van der Waals surface area contributed by atoms with Crippen molar-refractivity contribution in [1.82, 2.24) is 9.97 Å². The quantitative estimate of drug-likeness (QED) is 0.479. The molecule has 1 amide bonds. The van der Waals surface area contributed by atoms with Gasteiger partial charge in [-0.25, -0.2) is 9.97 Å². The SMILES string of the molecule is COc1ccc(NC(=O)c2sc3nc(-c4ccccc4)nc(C)c3c2C)c(OC)c1. The summed E-state index contributed by atoms with van der Waals surface area (Å²) >= 11 is 1.37. The highest BCUT2D eigenvalue weighted by atomic mass is 32.1. The smallest absolute Gasteiger partial charge is 0.266 e. The lowest BCUT2D eigenvalue weighted by Crippen LogP contribution is -2.12. The van der Waals surface area contributed by atoms with Gasteiger partial charge in [0.25, 0.3) is 5.91 Å². The Morgan fingerprint density at radius 1 is 1.00 bits per heavy atom.